The fourth-order valence-electron chi connectivity index (χ4n) is 2.09. The second kappa shape index (κ2) is 6.85. The molecule has 2 rings (SSSR count). The molecule has 0 fully saturated rings. The molecule has 1 atom stereocenters. The maximum absolute atomic E-state index is 11.0. The van der Waals surface area contributed by atoms with Gasteiger partial charge in [0.2, 0.25) is 0 Å². The number of rotatable bonds is 7. The van der Waals surface area contributed by atoms with Crippen LogP contribution in [0.15, 0.2) is 36.7 Å². The van der Waals surface area contributed by atoms with Crippen molar-refractivity contribution in [1.82, 2.24) is 9.78 Å². The van der Waals surface area contributed by atoms with Gasteiger partial charge in [-0.1, -0.05) is 18.2 Å². The van der Waals surface area contributed by atoms with Crippen LogP contribution in [-0.2, 0) is 11.3 Å². The van der Waals surface area contributed by atoms with Crippen LogP contribution in [0.5, 0.6) is 0 Å². The number of nitrogens with zero attached hydrogens (tertiary/aromatic N) is 3. The van der Waals surface area contributed by atoms with E-state index < -0.39 is 0 Å². The van der Waals surface area contributed by atoms with E-state index in [1.807, 2.05) is 13.1 Å². The quantitative estimate of drug-likeness (QED) is 0.626. The topological polar surface area (TPSA) is 82.2 Å². The molecule has 0 saturated carbocycles. The molecule has 2 aromatic rings. The predicted molar refractivity (Wildman–Crippen MR) is 79.2 cm³/mol. The van der Waals surface area contributed by atoms with Gasteiger partial charge < -0.3 is 10.1 Å². The molecule has 0 amide bonds. The summed E-state index contributed by atoms with van der Waals surface area (Å²) in [5.74, 6) is 0. The Kier molecular flexibility index (Phi) is 4.89. The summed E-state index contributed by atoms with van der Waals surface area (Å²) in [5, 5.41) is 18.5. The average molecular weight is 290 g/mol. The van der Waals surface area contributed by atoms with E-state index in [2.05, 4.69) is 10.4 Å². The molecule has 21 heavy (non-hydrogen) atoms. The molecule has 7 heteroatoms. The van der Waals surface area contributed by atoms with Crippen LogP contribution in [-0.4, -0.2) is 28.4 Å². The SMILES string of the molecule is COCCn1cc(NC(C)c2ccccc2[N+](=O)[O-])cn1. The van der Waals surface area contributed by atoms with Gasteiger partial charge in [-0.05, 0) is 6.92 Å². The highest BCUT2D eigenvalue weighted by molar-refractivity contribution is 5.47. The second-order valence-corrected chi connectivity index (χ2v) is 4.67. The monoisotopic (exact) mass is 290 g/mol. The van der Waals surface area contributed by atoms with Crippen molar-refractivity contribution in [1.29, 1.82) is 0 Å². The first-order valence-corrected chi connectivity index (χ1v) is 6.63. The Labute approximate surface area is 122 Å². The molecule has 0 spiro atoms. The van der Waals surface area contributed by atoms with Gasteiger partial charge in [-0.2, -0.15) is 5.10 Å². The number of para-hydroxylation sites is 1. The third-order valence-electron chi connectivity index (χ3n) is 3.14. The molecule has 1 heterocycles. The lowest BCUT2D eigenvalue weighted by Gasteiger charge is -2.14. The number of methoxy groups -OCH3 is 1. The molecule has 1 aromatic carbocycles. The van der Waals surface area contributed by atoms with Gasteiger partial charge in [0, 0.05) is 19.4 Å². The average Bonchev–Trinajstić information content (AvgIpc) is 2.92. The van der Waals surface area contributed by atoms with Crippen LogP contribution in [0.2, 0.25) is 0 Å². The minimum Gasteiger partial charge on any atom is -0.383 e. The van der Waals surface area contributed by atoms with E-state index in [1.54, 1.807) is 36.2 Å². The number of ether oxygens (including phenoxy) is 1. The zero-order valence-corrected chi connectivity index (χ0v) is 12.0. The van der Waals surface area contributed by atoms with Crippen molar-refractivity contribution in [2.45, 2.75) is 19.5 Å². The fourth-order valence-corrected chi connectivity index (χ4v) is 2.09. The van der Waals surface area contributed by atoms with Crippen LogP contribution in [0.3, 0.4) is 0 Å². The first kappa shape index (κ1) is 15.0. The van der Waals surface area contributed by atoms with Crippen LogP contribution in [0.4, 0.5) is 11.4 Å². The standard InChI is InChI=1S/C14H18N4O3/c1-11(13-5-3-4-6-14(13)18(19)20)16-12-9-15-17(10-12)7-8-21-2/h3-6,9-11,16H,7-8H2,1-2H3. The Morgan fingerprint density at radius 3 is 2.95 bits per heavy atom. The molecule has 1 aromatic heterocycles. The number of nitro groups is 1. The lowest BCUT2D eigenvalue weighted by atomic mass is 10.1. The van der Waals surface area contributed by atoms with Gasteiger partial charge in [0.1, 0.15) is 0 Å². The van der Waals surface area contributed by atoms with Crippen molar-refractivity contribution in [3.05, 3.63) is 52.3 Å². The van der Waals surface area contributed by atoms with Crippen molar-refractivity contribution < 1.29 is 9.66 Å². The molecule has 0 aliphatic carbocycles. The zero-order valence-electron chi connectivity index (χ0n) is 12.0. The van der Waals surface area contributed by atoms with E-state index in [-0.39, 0.29) is 16.7 Å². The number of aromatic nitrogens is 2. The Hall–Kier alpha value is -2.41. The van der Waals surface area contributed by atoms with Crippen LogP contribution >= 0.6 is 0 Å². The van der Waals surface area contributed by atoms with E-state index in [9.17, 15) is 10.1 Å². The minimum atomic E-state index is -0.366. The molecule has 1 N–H and O–H groups in total. The largest absolute Gasteiger partial charge is 0.383 e. The van der Waals surface area contributed by atoms with Crippen molar-refractivity contribution in [3.63, 3.8) is 0 Å². The summed E-state index contributed by atoms with van der Waals surface area (Å²) in [6.07, 6.45) is 3.55. The molecule has 0 aliphatic rings. The number of nitrogens with one attached hydrogen (secondary N) is 1. The van der Waals surface area contributed by atoms with Crippen LogP contribution in [0.1, 0.15) is 18.5 Å². The number of hydrogen-bond acceptors (Lipinski definition) is 5. The lowest BCUT2D eigenvalue weighted by Crippen LogP contribution is -2.09. The minimum absolute atomic E-state index is 0.115. The van der Waals surface area contributed by atoms with Gasteiger partial charge in [-0.25, -0.2) is 0 Å². The molecule has 7 nitrogen and oxygen atoms in total. The van der Waals surface area contributed by atoms with Crippen molar-refractivity contribution in [2.75, 3.05) is 19.0 Å². The third-order valence-corrected chi connectivity index (χ3v) is 3.14. The maximum Gasteiger partial charge on any atom is 0.274 e. The van der Waals surface area contributed by atoms with Crippen molar-refractivity contribution in [2.24, 2.45) is 0 Å². The summed E-state index contributed by atoms with van der Waals surface area (Å²) < 4.78 is 6.75. The van der Waals surface area contributed by atoms with Crippen LogP contribution < -0.4 is 5.32 Å². The number of anilines is 1. The highest BCUT2D eigenvalue weighted by Gasteiger charge is 2.18. The number of benzene rings is 1. The molecule has 1 unspecified atom stereocenters. The highest BCUT2D eigenvalue weighted by atomic mass is 16.6. The van der Waals surface area contributed by atoms with Crippen molar-refractivity contribution >= 4 is 11.4 Å². The van der Waals surface area contributed by atoms with E-state index in [1.165, 1.54) is 6.07 Å². The zero-order chi connectivity index (χ0) is 15.2. The Balaban J connectivity index is 2.09. The summed E-state index contributed by atoms with van der Waals surface area (Å²) in [6.45, 7) is 3.13. The normalized spacial score (nSPS) is 12.1. The van der Waals surface area contributed by atoms with Crippen LogP contribution in [0, 0.1) is 10.1 Å². The third kappa shape index (κ3) is 3.79. The van der Waals surface area contributed by atoms with Gasteiger partial charge in [0.25, 0.3) is 5.69 Å². The maximum atomic E-state index is 11.0. The summed E-state index contributed by atoms with van der Waals surface area (Å²) in [5.41, 5.74) is 1.58. The van der Waals surface area contributed by atoms with Crippen molar-refractivity contribution in [3.8, 4) is 0 Å². The van der Waals surface area contributed by atoms with Gasteiger partial charge in [-0.15, -0.1) is 0 Å². The van der Waals surface area contributed by atoms with E-state index in [0.717, 1.165) is 5.69 Å². The van der Waals surface area contributed by atoms with Gasteiger partial charge in [-0.3, -0.25) is 14.8 Å². The molecule has 0 bridgehead atoms. The molecular formula is C14H18N4O3. The first-order chi connectivity index (χ1) is 10.1. The van der Waals surface area contributed by atoms with E-state index in [0.29, 0.717) is 18.7 Å². The number of nitro benzene ring substituents is 1. The molecule has 0 aliphatic heterocycles. The van der Waals surface area contributed by atoms with Gasteiger partial charge in [0.05, 0.1) is 41.6 Å². The summed E-state index contributed by atoms with van der Waals surface area (Å²) in [4.78, 5) is 10.7. The molecular weight excluding hydrogens is 272 g/mol. The van der Waals surface area contributed by atoms with E-state index in [4.69, 9.17) is 4.74 Å². The summed E-state index contributed by atoms with van der Waals surface area (Å²) in [6, 6.07) is 6.53. The smallest absolute Gasteiger partial charge is 0.274 e. The van der Waals surface area contributed by atoms with Gasteiger partial charge >= 0.3 is 0 Å². The lowest BCUT2D eigenvalue weighted by molar-refractivity contribution is -0.385. The Morgan fingerprint density at radius 1 is 1.48 bits per heavy atom. The summed E-state index contributed by atoms with van der Waals surface area (Å²) in [7, 11) is 1.64. The van der Waals surface area contributed by atoms with E-state index >= 15 is 0 Å². The fraction of sp³-hybridized carbons (Fsp3) is 0.357. The molecule has 0 radical (unpaired) electrons. The van der Waals surface area contributed by atoms with Crippen LogP contribution in [0.25, 0.3) is 0 Å². The second-order valence-electron chi connectivity index (χ2n) is 4.67. The summed E-state index contributed by atoms with van der Waals surface area (Å²) >= 11 is 0. The van der Waals surface area contributed by atoms with Gasteiger partial charge in [0.15, 0.2) is 0 Å². The Bertz CT molecular complexity index is 612. The number of hydrogen-bond donors (Lipinski definition) is 1. The molecule has 112 valence electrons. The Morgan fingerprint density at radius 2 is 2.24 bits per heavy atom. The predicted octanol–water partition coefficient (Wildman–Crippen LogP) is 2.61. The highest BCUT2D eigenvalue weighted by Crippen LogP contribution is 2.27. The first-order valence-electron chi connectivity index (χ1n) is 6.63. The molecule has 0 saturated heterocycles.